The number of carbonyl (C=O) groups excluding carboxylic acids is 1. The zero-order valence-corrected chi connectivity index (χ0v) is 26.0. The summed E-state index contributed by atoms with van der Waals surface area (Å²) in [5.41, 5.74) is 6.13. The molecule has 3 atom stereocenters. The molecule has 0 bridgehead atoms. The lowest BCUT2D eigenvalue weighted by Crippen LogP contribution is -2.36. The number of ether oxygens (including phenoxy) is 3. The van der Waals surface area contributed by atoms with E-state index in [1.165, 1.54) is 26.3 Å². The number of carbonyl (C=O) groups is 1. The predicted molar refractivity (Wildman–Crippen MR) is 165 cm³/mol. The molecule has 4 rings (SSSR count). The molecule has 8 nitrogen and oxygen atoms in total. The quantitative estimate of drug-likeness (QED) is 0.309. The average molecular weight is 547 g/mol. The van der Waals surface area contributed by atoms with Crippen molar-refractivity contribution in [2.75, 3.05) is 39.7 Å². The van der Waals surface area contributed by atoms with Gasteiger partial charge in [-0.05, 0) is 98.0 Å². The van der Waals surface area contributed by atoms with E-state index < -0.39 is 0 Å². The third-order valence-corrected chi connectivity index (χ3v) is 6.24. The maximum Gasteiger partial charge on any atom is 0.293 e. The number of aromatic nitrogens is 1. The van der Waals surface area contributed by atoms with E-state index in [2.05, 4.69) is 47.0 Å². The summed E-state index contributed by atoms with van der Waals surface area (Å²) in [7, 11) is 5.24. The molecule has 222 valence electrons. The third-order valence-electron chi connectivity index (χ3n) is 6.24. The Morgan fingerprint density at radius 1 is 1.15 bits per heavy atom. The van der Waals surface area contributed by atoms with E-state index in [4.69, 9.17) is 9.47 Å². The highest BCUT2D eigenvalue weighted by Crippen LogP contribution is 2.35. The number of anilines is 1. The summed E-state index contributed by atoms with van der Waals surface area (Å²) < 4.78 is 15.3. The van der Waals surface area contributed by atoms with E-state index in [9.17, 15) is 4.79 Å². The van der Waals surface area contributed by atoms with E-state index in [0.29, 0.717) is 13.1 Å². The molecule has 0 amide bonds. The van der Waals surface area contributed by atoms with Gasteiger partial charge in [0.1, 0.15) is 18.0 Å². The fourth-order valence-electron chi connectivity index (χ4n) is 4.15. The molecule has 2 aromatic rings. The van der Waals surface area contributed by atoms with E-state index in [0.717, 1.165) is 52.5 Å². The number of nitrogens with one attached hydrogen (secondary N) is 2. The maximum absolute atomic E-state index is 9.60. The Bertz CT molecular complexity index is 950. The monoisotopic (exact) mass is 546 g/mol. The Kier molecular flexibility index (Phi) is 18.7. The van der Waals surface area contributed by atoms with Crippen LogP contribution in [0.5, 0.6) is 11.5 Å². The third kappa shape index (κ3) is 14.2. The van der Waals surface area contributed by atoms with Gasteiger partial charge in [0.25, 0.3) is 6.47 Å². The van der Waals surface area contributed by atoms with Crippen LogP contribution in [0.3, 0.4) is 0 Å². The lowest BCUT2D eigenvalue weighted by atomic mass is 9.80. The fourth-order valence-corrected chi connectivity index (χ4v) is 4.15. The zero-order valence-electron chi connectivity index (χ0n) is 26.0. The minimum absolute atomic E-state index is 0.318. The number of hydrogen-bond donors (Lipinski definition) is 3. The van der Waals surface area contributed by atoms with Gasteiger partial charge >= 0.3 is 0 Å². The molecule has 0 saturated heterocycles. The topological polar surface area (TPSA) is 108 Å². The van der Waals surface area contributed by atoms with Gasteiger partial charge in [-0.25, -0.2) is 0 Å². The van der Waals surface area contributed by atoms with Crippen LogP contribution in [0.1, 0.15) is 67.7 Å². The van der Waals surface area contributed by atoms with Crippen molar-refractivity contribution >= 4 is 23.1 Å². The van der Waals surface area contributed by atoms with Crippen LogP contribution in [-0.2, 0) is 9.53 Å². The van der Waals surface area contributed by atoms with Crippen LogP contribution in [0.25, 0.3) is 10.9 Å². The second kappa shape index (κ2) is 20.1. The molecule has 4 N–H and O–H groups in total. The van der Waals surface area contributed by atoms with Crippen molar-refractivity contribution in [3.05, 3.63) is 36.5 Å². The Labute approximate surface area is 237 Å². The first kappa shape index (κ1) is 36.2. The minimum Gasteiger partial charge on any atom is -0.497 e. The van der Waals surface area contributed by atoms with Crippen LogP contribution < -0.4 is 25.8 Å². The Hall–Kier alpha value is -2.84. The van der Waals surface area contributed by atoms with Crippen LogP contribution in [0, 0.1) is 11.8 Å². The normalized spacial score (nSPS) is 19.4. The number of allylic oxidation sites excluding steroid dienone is 2. The zero-order chi connectivity index (χ0) is 29.8. The molecule has 2 aliphatic rings. The number of nitrogens with two attached hydrogens (primary N) is 1. The number of fused-ring (bicyclic) bond motifs is 3. The first-order valence-electron chi connectivity index (χ1n) is 13.9. The lowest BCUT2D eigenvalue weighted by Gasteiger charge is -2.32. The largest absolute Gasteiger partial charge is 0.497 e. The average Bonchev–Trinajstić information content (AvgIpc) is 2.94. The Morgan fingerprint density at radius 3 is 2.31 bits per heavy atom. The van der Waals surface area contributed by atoms with Crippen LogP contribution in [-0.4, -0.2) is 57.5 Å². The molecule has 1 unspecified atom stereocenters. The molecule has 1 aromatic heterocycles. The molecule has 1 fully saturated rings. The van der Waals surface area contributed by atoms with Crippen molar-refractivity contribution in [1.82, 2.24) is 10.3 Å². The molecular weight excluding hydrogens is 492 g/mol. The van der Waals surface area contributed by atoms with Gasteiger partial charge in [0.2, 0.25) is 0 Å². The van der Waals surface area contributed by atoms with Gasteiger partial charge in [0, 0.05) is 18.0 Å². The fraction of sp³-hybridized carbons (Fsp3) is 0.613. The molecule has 2 heterocycles. The molecule has 1 aliphatic heterocycles. The SMILES string of the molecule is C/C=C\C.CC(C)(C)OC=O.CN.CN[C@H]1CC[C@H](C)CC1C.COc1ccc2ncc3c(c2c1)NCCO3. The maximum atomic E-state index is 9.60. The number of rotatable bonds is 3. The Balaban J connectivity index is 0.000000543. The second-order valence-corrected chi connectivity index (χ2v) is 10.4. The van der Waals surface area contributed by atoms with Gasteiger partial charge in [-0.3, -0.25) is 9.78 Å². The van der Waals surface area contributed by atoms with Crippen LogP contribution >= 0.6 is 0 Å². The first-order valence-corrected chi connectivity index (χ1v) is 13.9. The van der Waals surface area contributed by atoms with E-state index in [1.54, 1.807) is 13.3 Å². The number of benzene rings is 1. The smallest absolute Gasteiger partial charge is 0.293 e. The number of hydrogen-bond acceptors (Lipinski definition) is 8. The summed E-state index contributed by atoms with van der Waals surface area (Å²) in [6.07, 6.45) is 9.95. The number of nitrogens with zero attached hydrogens (tertiary/aromatic N) is 1. The minimum atomic E-state index is -0.318. The predicted octanol–water partition coefficient (Wildman–Crippen LogP) is 6.19. The molecular formula is C31H54N4O4. The van der Waals surface area contributed by atoms with Gasteiger partial charge in [-0.15, -0.1) is 0 Å². The van der Waals surface area contributed by atoms with Gasteiger partial charge in [-0.2, -0.15) is 0 Å². The number of pyridine rings is 1. The highest BCUT2D eigenvalue weighted by atomic mass is 16.5. The highest BCUT2D eigenvalue weighted by molar-refractivity contribution is 5.95. The summed E-state index contributed by atoms with van der Waals surface area (Å²) in [6.45, 7) is 16.1. The van der Waals surface area contributed by atoms with Crippen molar-refractivity contribution in [2.24, 2.45) is 17.6 Å². The van der Waals surface area contributed by atoms with Crippen molar-refractivity contribution < 1.29 is 19.0 Å². The van der Waals surface area contributed by atoms with E-state index in [1.807, 2.05) is 65.0 Å². The summed E-state index contributed by atoms with van der Waals surface area (Å²) in [4.78, 5) is 13.9. The van der Waals surface area contributed by atoms with Crippen LogP contribution in [0.2, 0.25) is 0 Å². The van der Waals surface area contributed by atoms with Gasteiger partial charge in [-0.1, -0.05) is 26.0 Å². The van der Waals surface area contributed by atoms with Crippen LogP contribution in [0.4, 0.5) is 5.69 Å². The summed E-state index contributed by atoms with van der Waals surface area (Å²) in [6, 6.07) is 6.62. The van der Waals surface area contributed by atoms with Crippen molar-refractivity contribution in [1.29, 1.82) is 0 Å². The Morgan fingerprint density at radius 2 is 1.82 bits per heavy atom. The summed E-state index contributed by atoms with van der Waals surface area (Å²) >= 11 is 0. The van der Waals surface area contributed by atoms with Crippen molar-refractivity contribution in [3.8, 4) is 11.5 Å². The van der Waals surface area contributed by atoms with E-state index in [-0.39, 0.29) is 5.60 Å². The molecule has 0 spiro atoms. The van der Waals surface area contributed by atoms with Gasteiger partial charge in [0.15, 0.2) is 5.75 Å². The molecule has 0 radical (unpaired) electrons. The van der Waals surface area contributed by atoms with Crippen molar-refractivity contribution in [2.45, 2.75) is 79.4 Å². The molecule has 1 aromatic carbocycles. The molecule has 1 saturated carbocycles. The number of methoxy groups -OCH3 is 1. The van der Waals surface area contributed by atoms with Crippen LogP contribution in [0.15, 0.2) is 36.5 Å². The molecule has 8 heteroatoms. The lowest BCUT2D eigenvalue weighted by molar-refractivity contribution is -0.138. The van der Waals surface area contributed by atoms with Gasteiger partial charge in [0.05, 0.1) is 24.5 Å². The highest BCUT2D eigenvalue weighted by Gasteiger charge is 2.23. The summed E-state index contributed by atoms with van der Waals surface area (Å²) in [5.74, 6) is 3.48. The standard InChI is InChI=1S/C12H12N2O2.C9H19N.C5H10O2.C4H8.CH5N/c1-15-8-2-3-10-9(6-8)12-11(7-14-10)16-5-4-13-12;1-7-4-5-9(10-3)8(2)6-7;1-5(2,3)7-4-6;1-3-4-2;1-2/h2-3,6-7,13H,4-5H2,1H3;7-10H,4-6H2,1-3H3;4H,1-3H3;3-4H,1-2H3;2H2,1H3/b;;;4-3-;/t;7-,8?,9-;;;/m.0.../s1. The van der Waals surface area contributed by atoms with E-state index >= 15 is 0 Å². The summed E-state index contributed by atoms with van der Waals surface area (Å²) in [5, 5.41) is 7.75. The molecule has 39 heavy (non-hydrogen) atoms. The second-order valence-electron chi connectivity index (χ2n) is 10.4. The molecule has 1 aliphatic carbocycles. The first-order chi connectivity index (χ1) is 18.6. The van der Waals surface area contributed by atoms with Gasteiger partial charge < -0.3 is 30.6 Å². The van der Waals surface area contributed by atoms with Crippen molar-refractivity contribution in [3.63, 3.8) is 0 Å².